The monoisotopic (exact) mass is 314 g/mol. The first-order valence-corrected chi connectivity index (χ1v) is 7.82. The van der Waals surface area contributed by atoms with Crippen molar-refractivity contribution in [3.05, 3.63) is 59.7 Å². The first-order valence-electron chi connectivity index (χ1n) is 7.82. The van der Waals surface area contributed by atoms with E-state index in [9.17, 15) is 0 Å². The van der Waals surface area contributed by atoms with Gasteiger partial charge in [-0.3, -0.25) is 0 Å². The Morgan fingerprint density at radius 1 is 0.739 bits per heavy atom. The average Bonchev–Trinajstić information content (AvgIpc) is 2.55. The van der Waals surface area contributed by atoms with E-state index in [0.717, 1.165) is 22.6 Å². The van der Waals surface area contributed by atoms with Crippen molar-refractivity contribution in [2.24, 2.45) is 5.41 Å². The van der Waals surface area contributed by atoms with Crippen LogP contribution in [0.5, 0.6) is 11.5 Å². The van der Waals surface area contributed by atoms with Crippen molar-refractivity contribution in [3.63, 3.8) is 0 Å². The van der Waals surface area contributed by atoms with Crippen LogP contribution in [-0.4, -0.2) is 20.8 Å². The van der Waals surface area contributed by atoms with E-state index in [0.29, 0.717) is 6.61 Å². The molecule has 0 amide bonds. The molecule has 2 aromatic rings. The van der Waals surface area contributed by atoms with Crippen molar-refractivity contribution in [3.8, 4) is 11.5 Å². The molecule has 124 valence electrons. The van der Waals surface area contributed by atoms with Crippen LogP contribution in [0.15, 0.2) is 48.5 Å². The molecule has 0 spiro atoms. The lowest BCUT2D eigenvalue weighted by molar-refractivity contribution is 0.0289. The van der Waals surface area contributed by atoms with Crippen molar-refractivity contribution in [1.29, 1.82) is 0 Å². The van der Waals surface area contributed by atoms with Crippen molar-refractivity contribution < 1.29 is 14.2 Å². The fourth-order valence-electron chi connectivity index (χ4n) is 2.28. The molecule has 0 saturated carbocycles. The number of benzene rings is 2. The Bertz CT molecular complexity index is 547. The lowest BCUT2D eigenvalue weighted by Crippen LogP contribution is -2.18. The van der Waals surface area contributed by atoms with E-state index in [1.807, 2.05) is 24.3 Å². The first kappa shape index (κ1) is 17.4. The van der Waals surface area contributed by atoms with Crippen LogP contribution >= 0.6 is 0 Å². The minimum absolute atomic E-state index is 0.106. The first-order chi connectivity index (χ1) is 10.9. The summed E-state index contributed by atoms with van der Waals surface area (Å²) in [6.45, 7) is 7.19. The van der Waals surface area contributed by atoms with Gasteiger partial charge in [0.25, 0.3) is 0 Å². The van der Waals surface area contributed by atoms with Crippen LogP contribution in [0.4, 0.5) is 0 Å². The summed E-state index contributed by atoms with van der Waals surface area (Å²) in [6.07, 6.45) is -0.106. The summed E-state index contributed by atoms with van der Waals surface area (Å²) < 4.78 is 16.7. The highest BCUT2D eigenvalue weighted by Crippen LogP contribution is 2.30. The van der Waals surface area contributed by atoms with Gasteiger partial charge >= 0.3 is 0 Å². The zero-order valence-corrected chi connectivity index (χ0v) is 14.6. The summed E-state index contributed by atoms with van der Waals surface area (Å²) in [5.41, 5.74) is 2.33. The summed E-state index contributed by atoms with van der Waals surface area (Å²) in [4.78, 5) is 0. The second kappa shape index (κ2) is 7.51. The van der Waals surface area contributed by atoms with Crippen LogP contribution in [0.1, 0.15) is 38.0 Å². The van der Waals surface area contributed by atoms with E-state index < -0.39 is 0 Å². The Morgan fingerprint density at radius 2 is 1.13 bits per heavy atom. The third-order valence-electron chi connectivity index (χ3n) is 3.52. The molecule has 0 radical (unpaired) electrons. The Labute approximate surface area is 139 Å². The zero-order valence-electron chi connectivity index (χ0n) is 14.6. The second-order valence-electron chi connectivity index (χ2n) is 6.80. The molecule has 0 bridgehead atoms. The van der Waals surface area contributed by atoms with Gasteiger partial charge in [-0.2, -0.15) is 0 Å². The molecule has 0 aromatic heterocycles. The minimum atomic E-state index is -0.106. The molecule has 2 rings (SSSR count). The van der Waals surface area contributed by atoms with Crippen LogP contribution in [0.25, 0.3) is 0 Å². The van der Waals surface area contributed by atoms with Gasteiger partial charge < -0.3 is 14.2 Å². The lowest BCUT2D eigenvalue weighted by atomic mass is 9.97. The van der Waals surface area contributed by atoms with E-state index in [1.54, 1.807) is 14.2 Å². The summed E-state index contributed by atoms with van der Waals surface area (Å²) in [5, 5.41) is 0. The molecule has 0 unspecified atom stereocenters. The highest BCUT2D eigenvalue weighted by molar-refractivity contribution is 5.36. The fourth-order valence-corrected chi connectivity index (χ4v) is 2.28. The van der Waals surface area contributed by atoms with E-state index in [2.05, 4.69) is 45.0 Å². The summed E-state index contributed by atoms with van der Waals surface area (Å²) in [6, 6.07) is 16.1. The Morgan fingerprint density at radius 3 is 1.43 bits per heavy atom. The molecule has 0 N–H and O–H groups in total. The zero-order chi connectivity index (χ0) is 16.9. The Balaban J connectivity index is 2.29. The van der Waals surface area contributed by atoms with E-state index in [1.165, 1.54) is 0 Å². The predicted molar refractivity (Wildman–Crippen MR) is 93.2 cm³/mol. The van der Waals surface area contributed by atoms with E-state index >= 15 is 0 Å². The van der Waals surface area contributed by atoms with E-state index in [-0.39, 0.29) is 11.5 Å². The van der Waals surface area contributed by atoms with Crippen molar-refractivity contribution in [2.45, 2.75) is 26.9 Å². The molecule has 3 nitrogen and oxygen atoms in total. The van der Waals surface area contributed by atoms with Gasteiger partial charge in [-0.05, 0) is 40.8 Å². The summed E-state index contributed by atoms with van der Waals surface area (Å²) in [5.74, 6) is 1.69. The quantitative estimate of drug-likeness (QED) is 0.762. The SMILES string of the molecule is COc1ccc(C(OCC(C)(C)C)c2ccc(OC)cc2)cc1. The maximum absolute atomic E-state index is 6.24. The Hall–Kier alpha value is -2.00. The van der Waals surface area contributed by atoms with E-state index in [4.69, 9.17) is 14.2 Å². The highest BCUT2D eigenvalue weighted by atomic mass is 16.5. The van der Waals surface area contributed by atoms with Gasteiger partial charge in [-0.25, -0.2) is 0 Å². The van der Waals surface area contributed by atoms with Gasteiger partial charge in [-0.1, -0.05) is 45.0 Å². The molecule has 0 aliphatic rings. The van der Waals surface area contributed by atoms with Crippen molar-refractivity contribution in [1.82, 2.24) is 0 Å². The van der Waals surface area contributed by atoms with Crippen LogP contribution in [0.3, 0.4) is 0 Å². The molecule has 0 fully saturated rings. The predicted octanol–water partition coefficient (Wildman–Crippen LogP) is 4.86. The fraction of sp³-hybridized carbons (Fsp3) is 0.400. The van der Waals surface area contributed by atoms with Gasteiger partial charge in [0, 0.05) is 0 Å². The standard InChI is InChI=1S/C20H26O3/c1-20(2,3)14-23-19(15-6-10-17(21-4)11-7-15)16-8-12-18(22-5)13-9-16/h6-13,19H,14H2,1-5H3. The molecule has 0 atom stereocenters. The molecule has 0 saturated heterocycles. The van der Waals surface area contributed by atoms with Gasteiger partial charge in [0.1, 0.15) is 17.6 Å². The van der Waals surface area contributed by atoms with Crippen molar-refractivity contribution in [2.75, 3.05) is 20.8 Å². The summed E-state index contributed by atoms with van der Waals surface area (Å²) >= 11 is 0. The Kier molecular flexibility index (Phi) is 5.67. The molecule has 2 aromatic carbocycles. The maximum Gasteiger partial charge on any atom is 0.118 e. The topological polar surface area (TPSA) is 27.7 Å². The molecule has 3 heteroatoms. The number of hydrogen-bond donors (Lipinski definition) is 0. The van der Waals surface area contributed by atoms with Crippen molar-refractivity contribution >= 4 is 0 Å². The van der Waals surface area contributed by atoms with Crippen LogP contribution in [0.2, 0.25) is 0 Å². The van der Waals surface area contributed by atoms with Crippen LogP contribution in [0, 0.1) is 5.41 Å². The molecule has 0 aliphatic heterocycles. The molecular formula is C20H26O3. The third-order valence-corrected chi connectivity index (χ3v) is 3.52. The molecule has 0 aliphatic carbocycles. The second-order valence-corrected chi connectivity index (χ2v) is 6.80. The lowest BCUT2D eigenvalue weighted by Gasteiger charge is -2.25. The number of ether oxygens (including phenoxy) is 3. The molecular weight excluding hydrogens is 288 g/mol. The van der Waals surface area contributed by atoms with Gasteiger partial charge in [0.15, 0.2) is 0 Å². The molecule has 23 heavy (non-hydrogen) atoms. The highest BCUT2D eigenvalue weighted by Gasteiger charge is 2.19. The molecule has 0 heterocycles. The average molecular weight is 314 g/mol. The smallest absolute Gasteiger partial charge is 0.118 e. The normalized spacial score (nSPS) is 11.6. The summed E-state index contributed by atoms with van der Waals surface area (Å²) in [7, 11) is 3.35. The van der Waals surface area contributed by atoms with Gasteiger partial charge in [0.05, 0.1) is 20.8 Å². The minimum Gasteiger partial charge on any atom is -0.497 e. The van der Waals surface area contributed by atoms with Gasteiger partial charge in [0.2, 0.25) is 0 Å². The maximum atomic E-state index is 6.24. The largest absolute Gasteiger partial charge is 0.497 e. The number of methoxy groups -OCH3 is 2. The third kappa shape index (κ3) is 5.00. The van der Waals surface area contributed by atoms with Gasteiger partial charge in [-0.15, -0.1) is 0 Å². The van der Waals surface area contributed by atoms with Crippen LogP contribution < -0.4 is 9.47 Å². The van der Waals surface area contributed by atoms with Crippen LogP contribution in [-0.2, 0) is 4.74 Å². The number of rotatable bonds is 6. The number of hydrogen-bond acceptors (Lipinski definition) is 3.